The predicted molar refractivity (Wildman–Crippen MR) is 30.8 cm³/mol. The number of nitrogens with zero attached hydrogens (tertiary/aromatic N) is 1. The van der Waals surface area contributed by atoms with Crippen molar-refractivity contribution in [2.75, 3.05) is 13.1 Å². The summed E-state index contributed by atoms with van der Waals surface area (Å²) in [6.45, 7) is 0.591. The van der Waals surface area contributed by atoms with Crippen LogP contribution in [0.3, 0.4) is 0 Å². The van der Waals surface area contributed by atoms with Crippen LogP contribution in [0.2, 0.25) is 0 Å². The Morgan fingerprint density at radius 3 is 2.50 bits per heavy atom. The zero-order chi connectivity index (χ0) is 6.41. The molecule has 0 amide bonds. The van der Waals surface area contributed by atoms with Gasteiger partial charge >= 0.3 is 0 Å². The van der Waals surface area contributed by atoms with Gasteiger partial charge in [-0.2, -0.15) is 4.91 Å². The SMILES string of the molecule is NCC(CNN)N=O. The van der Waals surface area contributed by atoms with Gasteiger partial charge in [0.2, 0.25) is 0 Å². The van der Waals surface area contributed by atoms with Crippen LogP contribution in [0.5, 0.6) is 0 Å². The molecule has 5 N–H and O–H groups in total. The first-order chi connectivity index (χ1) is 3.85. The maximum Gasteiger partial charge on any atom is 0.118 e. The topological polar surface area (TPSA) is 93.5 Å². The molecule has 0 radical (unpaired) electrons. The number of nitrogens with one attached hydrogen (secondary N) is 1. The first-order valence-corrected chi connectivity index (χ1v) is 2.31. The highest BCUT2D eigenvalue weighted by Gasteiger charge is 2.01. The van der Waals surface area contributed by atoms with Crippen LogP contribution in [0, 0.1) is 4.91 Å². The van der Waals surface area contributed by atoms with Crippen LogP contribution >= 0.6 is 0 Å². The molecule has 0 rings (SSSR count). The Morgan fingerprint density at radius 1 is 1.75 bits per heavy atom. The Hall–Kier alpha value is -0.520. The van der Waals surface area contributed by atoms with Gasteiger partial charge in [-0.3, -0.25) is 11.3 Å². The lowest BCUT2D eigenvalue weighted by Gasteiger charge is -2.01. The molecule has 0 bridgehead atoms. The monoisotopic (exact) mass is 118 g/mol. The second kappa shape index (κ2) is 4.63. The van der Waals surface area contributed by atoms with Crippen molar-refractivity contribution in [3.8, 4) is 0 Å². The van der Waals surface area contributed by atoms with Crippen molar-refractivity contribution in [1.82, 2.24) is 5.43 Å². The highest BCUT2D eigenvalue weighted by Crippen LogP contribution is 1.80. The van der Waals surface area contributed by atoms with Crippen molar-refractivity contribution in [2.45, 2.75) is 6.04 Å². The van der Waals surface area contributed by atoms with E-state index in [1.807, 2.05) is 0 Å². The lowest BCUT2D eigenvalue weighted by Crippen LogP contribution is -2.35. The van der Waals surface area contributed by atoms with Crippen LogP contribution in [0.1, 0.15) is 0 Å². The fourth-order valence-corrected chi connectivity index (χ4v) is 0.300. The van der Waals surface area contributed by atoms with Gasteiger partial charge in [-0.1, -0.05) is 5.18 Å². The van der Waals surface area contributed by atoms with E-state index in [0.717, 1.165) is 0 Å². The normalized spacial score (nSPS) is 13.2. The largest absolute Gasteiger partial charge is 0.328 e. The fourth-order valence-electron chi connectivity index (χ4n) is 0.300. The third-order valence-electron chi connectivity index (χ3n) is 0.775. The van der Waals surface area contributed by atoms with E-state index >= 15 is 0 Å². The smallest absolute Gasteiger partial charge is 0.118 e. The summed E-state index contributed by atoms with van der Waals surface area (Å²) in [5.74, 6) is 4.88. The maximum absolute atomic E-state index is 9.70. The summed E-state index contributed by atoms with van der Waals surface area (Å²) in [6, 6.07) is -0.389. The lowest BCUT2D eigenvalue weighted by molar-refractivity contribution is 0.598. The molecule has 1 unspecified atom stereocenters. The summed E-state index contributed by atoms with van der Waals surface area (Å²) < 4.78 is 0. The fraction of sp³-hybridized carbons (Fsp3) is 1.00. The Balaban J connectivity index is 3.21. The van der Waals surface area contributed by atoms with Crippen LogP contribution in [-0.4, -0.2) is 19.1 Å². The highest BCUT2D eigenvalue weighted by molar-refractivity contribution is 4.66. The average molecular weight is 118 g/mol. The standard InChI is InChI=1S/C3H10N4O/c4-1-3(7-8)2-6-5/h3,6H,1-2,4-5H2. The summed E-state index contributed by atoms with van der Waals surface area (Å²) in [4.78, 5) is 9.70. The number of rotatable bonds is 4. The molecule has 0 fully saturated rings. The molecule has 0 aliphatic rings. The second-order valence-electron chi connectivity index (χ2n) is 1.40. The first-order valence-electron chi connectivity index (χ1n) is 2.31. The molecule has 0 aliphatic carbocycles. The van der Waals surface area contributed by atoms with Gasteiger partial charge < -0.3 is 5.73 Å². The number of hydrogen-bond donors (Lipinski definition) is 3. The van der Waals surface area contributed by atoms with Crippen LogP contribution in [0.4, 0.5) is 0 Å². The Labute approximate surface area is 47.4 Å². The van der Waals surface area contributed by atoms with Crippen LogP contribution in [0.15, 0.2) is 5.18 Å². The molecular formula is C3H10N4O. The average Bonchev–Trinajstić information content (AvgIpc) is 1.83. The molecule has 5 heteroatoms. The van der Waals surface area contributed by atoms with E-state index in [1.54, 1.807) is 0 Å². The minimum atomic E-state index is -0.389. The molecule has 0 aromatic rings. The zero-order valence-corrected chi connectivity index (χ0v) is 4.50. The van der Waals surface area contributed by atoms with Gasteiger partial charge in [-0.25, -0.2) is 0 Å². The van der Waals surface area contributed by atoms with E-state index in [2.05, 4.69) is 10.6 Å². The van der Waals surface area contributed by atoms with Gasteiger partial charge in [0.25, 0.3) is 0 Å². The third kappa shape index (κ3) is 2.62. The number of hydrogen-bond acceptors (Lipinski definition) is 5. The van der Waals surface area contributed by atoms with Gasteiger partial charge in [0.15, 0.2) is 0 Å². The predicted octanol–water partition coefficient (Wildman–Crippen LogP) is -1.46. The molecular weight excluding hydrogens is 108 g/mol. The number of nitrogens with two attached hydrogens (primary N) is 2. The quantitative estimate of drug-likeness (QED) is 0.239. The number of hydrazine groups is 1. The highest BCUT2D eigenvalue weighted by atomic mass is 16.3. The molecule has 0 saturated carbocycles. The van der Waals surface area contributed by atoms with E-state index in [-0.39, 0.29) is 12.6 Å². The molecule has 0 heterocycles. The molecule has 0 saturated heterocycles. The Bertz CT molecular complexity index is 66.3. The molecule has 1 atom stereocenters. The summed E-state index contributed by atoms with van der Waals surface area (Å²) >= 11 is 0. The zero-order valence-electron chi connectivity index (χ0n) is 4.50. The lowest BCUT2D eigenvalue weighted by atomic mass is 10.3. The summed E-state index contributed by atoms with van der Waals surface area (Å²) in [7, 11) is 0. The third-order valence-corrected chi connectivity index (χ3v) is 0.775. The molecule has 0 aliphatic heterocycles. The first kappa shape index (κ1) is 7.48. The second-order valence-corrected chi connectivity index (χ2v) is 1.40. The Morgan fingerprint density at radius 2 is 2.38 bits per heavy atom. The van der Waals surface area contributed by atoms with Gasteiger partial charge in [-0.15, -0.1) is 0 Å². The minimum absolute atomic E-state index is 0.244. The van der Waals surface area contributed by atoms with Crippen molar-refractivity contribution in [2.24, 2.45) is 16.8 Å². The molecule has 0 aromatic heterocycles. The Kier molecular flexibility index (Phi) is 4.33. The number of nitroso groups, excluding NO2 is 1. The van der Waals surface area contributed by atoms with E-state index < -0.39 is 0 Å². The van der Waals surface area contributed by atoms with Crippen LogP contribution in [0.25, 0.3) is 0 Å². The summed E-state index contributed by atoms with van der Waals surface area (Å²) in [5.41, 5.74) is 7.38. The van der Waals surface area contributed by atoms with Crippen molar-refractivity contribution in [3.63, 3.8) is 0 Å². The van der Waals surface area contributed by atoms with E-state index in [4.69, 9.17) is 11.6 Å². The van der Waals surface area contributed by atoms with Crippen molar-refractivity contribution in [1.29, 1.82) is 0 Å². The summed E-state index contributed by atoms with van der Waals surface area (Å²) in [6.07, 6.45) is 0. The van der Waals surface area contributed by atoms with Gasteiger partial charge in [0.05, 0.1) is 0 Å². The summed E-state index contributed by atoms with van der Waals surface area (Å²) in [5, 5.41) is 2.68. The van der Waals surface area contributed by atoms with E-state index in [9.17, 15) is 4.91 Å². The maximum atomic E-state index is 9.70. The van der Waals surface area contributed by atoms with E-state index in [1.165, 1.54) is 0 Å². The molecule has 0 spiro atoms. The van der Waals surface area contributed by atoms with Crippen molar-refractivity contribution < 1.29 is 0 Å². The van der Waals surface area contributed by atoms with E-state index in [0.29, 0.717) is 6.54 Å². The molecule has 8 heavy (non-hydrogen) atoms. The minimum Gasteiger partial charge on any atom is -0.328 e. The van der Waals surface area contributed by atoms with Gasteiger partial charge in [0.1, 0.15) is 6.04 Å². The van der Waals surface area contributed by atoms with Crippen LogP contribution in [-0.2, 0) is 0 Å². The molecule has 48 valence electrons. The van der Waals surface area contributed by atoms with Crippen molar-refractivity contribution >= 4 is 0 Å². The van der Waals surface area contributed by atoms with Crippen molar-refractivity contribution in [3.05, 3.63) is 4.91 Å². The van der Waals surface area contributed by atoms with Gasteiger partial charge in [0, 0.05) is 13.1 Å². The van der Waals surface area contributed by atoms with Crippen LogP contribution < -0.4 is 17.0 Å². The molecule has 5 nitrogen and oxygen atoms in total. The van der Waals surface area contributed by atoms with Gasteiger partial charge in [-0.05, 0) is 0 Å². The molecule has 0 aromatic carbocycles.